The van der Waals surface area contributed by atoms with Crippen LogP contribution in [0.1, 0.15) is 59.2 Å². The molecule has 5 nitrogen and oxygen atoms in total. The van der Waals surface area contributed by atoms with E-state index in [0.29, 0.717) is 17.7 Å². The Hall–Kier alpha value is -2.43. The molecule has 3 rings (SSSR count). The van der Waals surface area contributed by atoms with Crippen LogP contribution in [0, 0.1) is 0 Å². The number of unbranched alkanes of at least 4 members (excludes halogenated alkanes) is 5. The minimum absolute atomic E-state index is 0.143. The maximum absolute atomic E-state index is 12.2. The second-order valence-electron chi connectivity index (χ2n) is 6.23. The largest absolute Gasteiger partial charge is 0.337 e. The molecular formula is C19H23N3O2. The van der Waals surface area contributed by atoms with Crippen LogP contribution in [0.2, 0.25) is 0 Å². The molecule has 1 aliphatic rings. The maximum atomic E-state index is 12.2. The number of carbonyl (C=O) groups is 2. The zero-order valence-corrected chi connectivity index (χ0v) is 13.9. The first kappa shape index (κ1) is 16.4. The lowest BCUT2D eigenvalue weighted by Crippen LogP contribution is -2.30. The van der Waals surface area contributed by atoms with Crippen molar-refractivity contribution < 1.29 is 9.59 Å². The Bertz CT molecular complexity index is 659. The summed E-state index contributed by atoms with van der Waals surface area (Å²) < 4.78 is 2.10. The summed E-state index contributed by atoms with van der Waals surface area (Å²) in [5, 5.41) is 0. The van der Waals surface area contributed by atoms with Crippen LogP contribution >= 0.6 is 0 Å². The zero-order chi connectivity index (χ0) is 16.8. The summed E-state index contributed by atoms with van der Waals surface area (Å²) in [6, 6.07) is 7.07. The summed E-state index contributed by atoms with van der Waals surface area (Å²) in [6.45, 7) is 1.55. The minimum Gasteiger partial charge on any atom is -0.337 e. The molecule has 1 aromatic heterocycles. The summed E-state index contributed by atoms with van der Waals surface area (Å²) >= 11 is 0. The van der Waals surface area contributed by atoms with Crippen LogP contribution < -0.4 is 0 Å². The van der Waals surface area contributed by atoms with E-state index in [-0.39, 0.29) is 11.8 Å². The number of aryl methyl sites for hydroxylation is 1. The molecule has 0 aliphatic carbocycles. The number of hydrogen-bond donors (Lipinski definition) is 0. The van der Waals surface area contributed by atoms with Crippen LogP contribution in [0.4, 0.5) is 0 Å². The molecule has 1 aromatic carbocycles. The number of rotatable bonds is 9. The molecule has 126 valence electrons. The monoisotopic (exact) mass is 325 g/mol. The van der Waals surface area contributed by atoms with Crippen LogP contribution in [0.15, 0.2) is 43.0 Å². The molecule has 1 aliphatic heterocycles. The number of fused-ring (bicyclic) bond motifs is 1. The van der Waals surface area contributed by atoms with Crippen molar-refractivity contribution in [1.82, 2.24) is 14.5 Å². The second-order valence-corrected chi connectivity index (χ2v) is 6.23. The van der Waals surface area contributed by atoms with E-state index in [9.17, 15) is 9.59 Å². The quantitative estimate of drug-likeness (QED) is 0.523. The van der Waals surface area contributed by atoms with Gasteiger partial charge in [-0.25, -0.2) is 4.98 Å². The first-order chi connectivity index (χ1) is 11.8. The Morgan fingerprint density at radius 2 is 1.38 bits per heavy atom. The van der Waals surface area contributed by atoms with Crippen LogP contribution in [0.5, 0.6) is 0 Å². The highest BCUT2D eigenvalue weighted by molar-refractivity contribution is 6.21. The summed E-state index contributed by atoms with van der Waals surface area (Å²) in [5.41, 5.74) is 1.09. The number of carbonyl (C=O) groups excluding carboxylic acids is 2. The molecule has 0 atom stereocenters. The van der Waals surface area contributed by atoms with Gasteiger partial charge in [0.15, 0.2) is 0 Å². The molecule has 0 saturated carbocycles. The number of nitrogens with zero attached hydrogens (tertiary/aromatic N) is 3. The molecule has 0 spiro atoms. The normalized spacial score (nSPS) is 13.6. The zero-order valence-electron chi connectivity index (χ0n) is 13.9. The van der Waals surface area contributed by atoms with Gasteiger partial charge in [-0.1, -0.05) is 37.8 Å². The van der Waals surface area contributed by atoms with Crippen molar-refractivity contribution in [2.45, 2.75) is 45.1 Å². The van der Waals surface area contributed by atoms with Gasteiger partial charge < -0.3 is 4.57 Å². The molecule has 2 amide bonds. The molecule has 2 aromatic rings. The van der Waals surface area contributed by atoms with Crippen LogP contribution in [-0.4, -0.2) is 32.8 Å². The molecule has 0 saturated heterocycles. The van der Waals surface area contributed by atoms with E-state index in [1.807, 2.05) is 12.5 Å². The number of benzene rings is 1. The van der Waals surface area contributed by atoms with Gasteiger partial charge in [0.25, 0.3) is 11.8 Å². The highest BCUT2D eigenvalue weighted by Gasteiger charge is 2.34. The van der Waals surface area contributed by atoms with Crippen molar-refractivity contribution in [3.63, 3.8) is 0 Å². The van der Waals surface area contributed by atoms with Crippen LogP contribution in [-0.2, 0) is 6.54 Å². The van der Waals surface area contributed by atoms with E-state index >= 15 is 0 Å². The minimum atomic E-state index is -0.143. The Morgan fingerprint density at radius 3 is 1.96 bits per heavy atom. The van der Waals surface area contributed by atoms with E-state index in [0.717, 1.165) is 32.2 Å². The van der Waals surface area contributed by atoms with Crippen molar-refractivity contribution in [1.29, 1.82) is 0 Å². The summed E-state index contributed by atoms with van der Waals surface area (Å²) in [5.74, 6) is -0.285. The Labute approximate surface area is 142 Å². The van der Waals surface area contributed by atoms with Crippen LogP contribution in [0.25, 0.3) is 0 Å². The van der Waals surface area contributed by atoms with E-state index in [1.54, 1.807) is 30.5 Å². The van der Waals surface area contributed by atoms with Crippen molar-refractivity contribution in [3.8, 4) is 0 Å². The van der Waals surface area contributed by atoms with Crippen LogP contribution in [0.3, 0.4) is 0 Å². The van der Waals surface area contributed by atoms with Gasteiger partial charge >= 0.3 is 0 Å². The number of hydrogen-bond acceptors (Lipinski definition) is 3. The van der Waals surface area contributed by atoms with Gasteiger partial charge in [0.1, 0.15) is 0 Å². The molecular weight excluding hydrogens is 302 g/mol. The van der Waals surface area contributed by atoms with Gasteiger partial charge in [-0.3, -0.25) is 14.5 Å². The molecule has 0 fully saturated rings. The van der Waals surface area contributed by atoms with Crippen molar-refractivity contribution in [2.24, 2.45) is 0 Å². The number of aromatic nitrogens is 2. The predicted octanol–water partition coefficient (Wildman–Crippen LogP) is 3.52. The van der Waals surface area contributed by atoms with E-state index < -0.39 is 0 Å². The van der Waals surface area contributed by atoms with Gasteiger partial charge in [-0.2, -0.15) is 0 Å². The molecule has 2 heterocycles. The third-order valence-electron chi connectivity index (χ3n) is 4.49. The number of amides is 2. The summed E-state index contributed by atoms with van der Waals surface area (Å²) in [4.78, 5) is 29.9. The first-order valence-corrected chi connectivity index (χ1v) is 8.68. The van der Waals surface area contributed by atoms with Gasteiger partial charge in [0.2, 0.25) is 0 Å². The van der Waals surface area contributed by atoms with Gasteiger partial charge in [-0.15, -0.1) is 0 Å². The van der Waals surface area contributed by atoms with Gasteiger partial charge in [0, 0.05) is 25.5 Å². The average molecular weight is 325 g/mol. The molecule has 0 radical (unpaired) electrons. The lowest BCUT2D eigenvalue weighted by molar-refractivity contribution is 0.0651. The van der Waals surface area contributed by atoms with E-state index in [2.05, 4.69) is 9.55 Å². The molecule has 5 heteroatoms. The Morgan fingerprint density at radius 1 is 0.792 bits per heavy atom. The standard InChI is InChI=1S/C19H23N3O2/c23-18-16-9-5-6-10-17(16)19(24)22(18)13-8-4-2-1-3-7-12-21-14-11-20-15-21/h5-6,9-11,14-15H,1-4,7-8,12-13H2. The SMILES string of the molecule is O=C1c2ccccc2C(=O)N1CCCCCCCCn1ccnc1. The summed E-state index contributed by atoms with van der Waals surface area (Å²) in [7, 11) is 0. The third kappa shape index (κ3) is 3.72. The van der Waals surface area contributed by atoms with Crippen molar-refractivity contribution >= 4 is 11.8 Å². The van der Waals surface area contributed by atoms with Crippen molar-refractivity contribution in [2.75, 3.05) is 6.54 Å². The fourth-order valence-electron chi connectivity index (χ4n) is 3.13. The highest BCUT2D eigenvalue weighted by atomic mass is 16.2. The third-order valence-corrected chi connectivity index (χ3v) is 4.49. The topological polar surface area (TPSA) is 55.2 Å². The Balaban J connectivity index is 1.30. The second kappa shape index (κ2) is 7.90. The van der Waals surface area contributed by atoms with Gasteiger partial charge in [0.05, 0.1) is 17.5 Å². The van der Waals surface area contributed by atoms with Gasteiger partial charge in [-0.05, 0) is 25.0 Å². The smallest absolute Gasteiger partial charge is 0.261 e. The molecule has 0 unspecified atom stereocenters. The average Bonchev–Trinajstić information content (AvgIpc) is 3.20. The lowest BCUT2D eigenvalue weighted by Gasteiger charge is -2.13. The number of imidazole rings is 1. The van der Waals surface area contributed by atoms with E-state index in [1.165, 1.54) is 17.7 Å². The fraction of sp³-hybridized carbons (Fsp3) is 0.421. The van der Waals surface area contributed by atoms with Crippen molar-refractivity contribution in [3.05, 3.63) is 54.1 Å². The highest BCUT2D eigenvalue weighted by Crippen LogP contribution is 2.22. The molecule has 24 heavy (non-hydrogen) atoms. The fourth-order valence-corrected chi connectivity index (χ4v) is 3.13. The molecule has 0 N–H and O–H groups in total. The van der Waals surface area contributed by atoms with E-state index in [4.69, 9.17) is 0 Å². The lowest BCUT2D eigenvalue weighted by atomic mass is 10.1. The maximum Gasteiger partial charge on any atom is 0.261 e. The molecule has 0 bridgehead atoms. The Kier molecular flexibility index (Phi) is 5.41. The predicted molar refractivity (Wildman–Crippen MR) is 91.7 cm³/mol. The first-order valence-electron chi connectivity index (χ1n) is 8.68. The summed E-state index contributed by atoms with van der Waals surface area (Å²) in [6.07, 6.45) is 12.3. The number of imide groups is 1.